The topological polar surface area (TPSA) is 89.0 Å². The van der Waals surface area contributed by atoms with Crippen molar-refractivity contribution in [1.82, 2.24) is 0 Å². The summed E-state index contributed by atoms with van der Waals surface area (Å²) >= 11 is 0. The van der Waals surface area contributed by atoms with Crippen LogP contribution < -0.4 is 11.5 Å². The van der Waals surface area contributed by atoms with Gasteiger partial charge in [-0.15, -0.1) is 0 Å². The summed E-state index contributed by atoms with van der Waals surface area (Å²) in [4.78, 5) is 0. The highest BCUT2D eigenvalue weighted by Gasteiger charge is 2.41. The number of nitrogens with two attached hydrogens (primary N) is 2. The molecule has 0 saturated heterocycles. The molecular formula is C10H30N2O4Si3. The molecule has 0 fully saturated rings. The van der Waals surface area contributed by atoms with Gasteiger partial charge in [0.1, 0.15) is 0 Å². The predicted molar refractivity (Wildman–Crippen MR) is 85.2 cm³/mol. The van der Waals surface area contributed by atoms with Gasteiger partial charge in [0, 0.05) is 14.2 Å². The first kappa shape index (κ1) is 19.4. The number of unbranched alkanes of at least 4 members (excludes halogenated alkanes) is 2. The Morgan fingerprint density at radius 3 is 1.53 bits per heavy atom. The quantitative estimate of drug-likeness (QED) is 0.322. The maximum absolute atomic E-state index is 5.86. The molecule has 0 aromatic carbocycles. The van der Waals surface area contributed by atoms with Gasteiger partial charge in [-0.3, -0.25) is 0 Å². The van der Waals surface area contributed by atoms with Crippen molar-refractivity contribution in [2.24, 2.45) is 11.5 Å². The first-order chi connectivity index (χ1) is 9.24. The fourth-order valence-electron chi connectivity index (χ4n) is 1.60. The third-order valence-corrected chi connectivity index (χ3v) is 9.79. The van der Waals surface area contributed by atoms with E-state index in [1.165, 1.54) is 0 Å². The Balaban J connectivity index is 3.83. The van der Waals surface area contributed by atoms with Crippen LogP contribution in [0.3, 0.4) is 0 Å². The summed E-state index contributed by atoms with van der Waals surface area (Å²) in [5, 5.41) is 0. The molecule has 0 atom stereocenters. The molecule has 0 aliphatic heterocycles. The van der Waals surface area contributed by atoms with Crippen molar-refractivity contribution >= 4 is 28.6 Å². The minimum absolute atomic E-state index is 0.646. The van der Waals surface area contributed by atoms with Crippen LogP contribution in [0.1, 0.15) is 25.7 Å². The van der Waals surface area contributed by atoms with Crippen molar-refractivity contribution in [3.8, 4) is 0 Å². The van der Waals surface area contributed by atoms with Gasteiger partial charge in [-0.05, 0) is 38.0 Å². The molecule has 0 bridgehead atoms. The maximum atomic E-state index is 5.86. The van der Waals surface area contributed by atoms with Crippen LogP contribution in [-0.2, 0) is 17.1 Å². The van der Waals surface area contributed by atoms with Gasteiger partial charge >= 0.3 is 9.05 Å². The van der Waals surface area contributed by atoms with Crippen molar-refractivity contribution < 1.29 is 17.1 Å². The van der Waals surface area contributed by atoms with E-state index < -0.39 is 28.6 Å². The van der Waals surface area contributed by atoms with Crippen molar-refractivity contribution in [2.45, 2.75) is 37.8 Å². The third kappa shape index (κ3) is 9.87. The summed E-state index contributed by atoms with van der Waals surface area (Å²) in [6, 6.07) is 2.19. The molecule has 6 nitrogen and oxygen atoms in total. The molecule has 0 unspecified atom stereocenters. The molecule has 4 N–H and O–H groups in total. The number of hydrogen-bond donors (Lipinski definition) is 2. The van der Waals surface area contributed by atoms with E-state index in [1.54, 1.807) is 14.2 Å². The van der Waals surface area contributed by atoms with Crippen LogP contribution in [0.15, 0.2) is 0 Å². The van der Waals surface area contributed by atoms with Crippen molar-refractivity contribution in [1.29, 1.82) is 0 Å². The first-order valence-electron chi connectivity index (χ1n) is 7.03. The summed E-state index contributed by atoms with van der Waals surface area (Å²) in [6.45, 7) is 1.49. The molecule has 0 aliphatic carbocycles. The van der Waals surface area contributed by atoms with Gasteiger partial charge in [-0.1, -0.05) is 12.8 Å². The Kier molecular flexibility index (Phi) is 13.7. The predicted octanol–water partition coefficient (Wildman–Crippen LogP) is -0.770. The standard InChI is InChI=1S/C10H30N2O4Si3/c1-13-19(14-2,15-17-9-5-3-7-11)16-18-10-6-4-8-12/h3-12,17-18H2,1-2H3. The van der Waals surface area contributed by atoms with E-state index in [9.17, 15) is 0 Å². The molecule has 0 aromatic heterocycles. The minimum Gasteiger partial charge on any atom is -0.400 e. The van der Waals surface area contributed by atoms with E-state index in [2.05, 4.69) is 0 Å². The number of rotatable bonds is 14. The Bertz CT molecular complexity index is 184. The third-order valence-electron chi connectivity index (χ3n) is 2.75. The van der Waals surface area contributed by atoms with Gasteiger partial charge in [-0.25, -0.2) is 0 Å². The zero-order valence-corrected chi connectivity index (χ0v) is 16.2. The minimum atomic E-state index is -2.80. The molecule has 19 heavy (non-hydrogen) atoms. The molecule has 0 aliphatic rings. The molecule has 0 amide bonds. The highest BCUT2D eigenvalue weighted by Crippen LogP contribution is 2.10. The lowest BCUT2D eigenvalue weighted by atomic mass is 10.3. The molecular weight excluding hydrogens is 296 g/mol. The zero-order chi connectivity index (χ0) is 14.4. The second-order valence-electron chi connectivity index (χ2n) is 4.30. The van der Waals surface area contributed by atoms with E-state index in [0.717, 1.165) is 50.9 Å². The van der Waals surface area contributed by atoms with Crippen LogP contribution in [0.5, 0.6) is 0 Å². The second kappa shape index (κ2) is 13.4. The Morgan fingerprint density at radius 2 is 1.21 bits per heavy atom. The van der Waals surface area contributed by atoms with Crippen LogP contribution in [0.2, 0.25) is 12.1 Å². The SMILES string of the molecule is CO[Si](OC)(O[SiH2]CCCCN)O[SiH2]CCCCN. The molecule has 0 radical (unpaired) electrons. The monoisotopic (exact) mass is 326 g/mol. The number of hydrogen-bond acceptors (Lipinski definition) is 6. The Hall–Kier alpha value is 0.411. The summed E-state index contributed by atoms with van der Waals surface area (Å²) in [5.74, 6) is 0. The molecule has 0 aromatic rings. The fourth-order valence-corrected chi connectivity index (χ4v) is 9.01. The summed E-state index contributed by atoms with van der Waals surface area (Å²) in [6.07, 6.45) is 4.35. The lowest BCUT2D eigenvalue weighted by molar-refractivity contribution is 0.0859. The first-order valence-corrected chi connectivity index (χ1v) is 11.8. The van der Waals surface area contributed by atoms with Crippen LogP contribution >= 0.6 is 0 Å². The lowest BCUT2D eigenvalue weighted by Gasteiger charge is -2.25. The zero-order valence-electron chi connectivity index (χ0n) is 12.4. The van der Waals surface area contributed by atoms with E-state index in [4.69, 9.17) is 28.5 Å². The summed E-state index contributed by atoms with van der Waals surface area (Å²) in [7, 11) is -0.875. The van der Waals surface area contributed by atoms with Gasteiger partial charge in [-0.2, -0.15) is 0 Å². The van der Waals surface area contributed by atoms with Crippen LogP contribution in [0.25, 0.3) is 0 Å². The molecule has 0 heterocycles. The van der Waals surface area contributed by atoms with Gasteiger partial charge in [0.15, 0.2) is 19.5 Å². The highest BCUT2D eigenvalue weighted by atomic mass is 28.5. The molecule has 9 heteroatoms. The van der Waals surface area contributed by atoms with E-state index in [-0.39, 0.29) is 0 Å². The summed E-state index contributed by atoms with van der Waals surface area (Å²) in [5.41, 5.74) is 10.9. The molecule has 0 saturated carbocycles. The average molecular weight is 327 g/mol. The Labute approximate surface area is 122 Å². The van der Waals surface area contributed by atoms with Gasteiger partial charge < -0.3 is 28.5 Å². The molecule has 0 rings (SSSR count). The van der Waals surface area contributed by atoms with E-state index in [1.807, 2.05) is 0 Å². The fraction of sp³-hybridized carbons (Fsp3) is 1.00. The largest absolute Gasteiger partial charge is 0.657 e. The molecule has 116 valence electrons. The lowest BCUT2D eigenvalue weighted by Crippen LogP contribution is -2.49. The van der Waals surface area contributed by atoms with E-state index >= 15 is 0 Å². The van der Waals surface area contributed by atoms with E-state index in [0.29, 0.717) is 0 Å². The smallest absolute Gasteiger partial charge is 0.400 e. The van der Waals surface area contributed by atoms with Crippen LogP contribution in [0.4, 0.5) is 0 Å². The summed E-state index contributed by atoms with van der Waals surface area (Å²) < 4.78 is 22.5. The van der Waals surface area contributed by atoms with Gasteiger partial charge in [0.25, 0.3) is 0 Å². The Morgan fingerprint density at radius 1 is 0.789 bits per heavy atom. The van der Waals surface area contributed by atoms with Crippen LogP contribution in [0, 0.1) is 0 Å². The van der Waals surface area contributed by atoms with Gasteiger partial charge in [0.05, 0.1) is 0 Å². The van der Waals surface area contributed by atoms with Crippen molar-refractivity contribution in [2.75, 3.05) is 27.3 Å². The van der Waals surface area contributed by atoms with Crippen molar-refractivity contribution in [3.63, 3.8) is 0 Å². The highest BCUT2D eigenvalue weighted by molar-refractivity contribution is 6.64. The normalized spacial score (nSPS) is 13.3. The average Bonchev–Trinajstić information content (AvgIpc) is 2.45. The maximum Gasteiger partial charge on any atom is 0.657 e. The van der Waals surface area contributed by atoms with Crippen molar-refractivity contribution in [3.05, 3.63) is 0 Å². The molecule has 0 spiro atoms. The van der Waals surface area contributed by atoms with Crippen LogP contribution in [-0.4, -0.2) is 55.9 Å². The van der Waals surface area contributed by atoms with Gasteiger partial charge in [0.2, 0.25) is 0 Å². The second-order valence-corrected chi connectivity index (χ2v) is 10.7.